The molecule has 152 valence electrons. The molecule has 1 fully saturated rings. The van der Waals surface area contributed by atoms with Crippen LogP contribution in [0.15, 0.2) is 57.7 Å². The van der Waals surface area contributed by atoms with Crippen molar-refractivity contribution in [1.29, 1.82) is 0 Å². The summed E-state index contributed by atoms with van der Waals surface area (Å²) < 4.78 is 12.5. The molecule has 0 N–H and O–H groups in total. The number of ether oxygens (including phenoxy) is 1. The van der Waals surface area contributed by atoms with Crippen molar-refractivity contribution in [3.63, 3.8) is 0 Å². The molecule has 4 rings (SSSR count). The first-order valence-electron chi connectivity index (χ1n) is 9.71. The molecule has 1 aliphatic heterocycles. The Kier molecular flexibility index (Phi) is 5.46. The summed E-state index contributed by atoms with van der Waals surface area (Å²) in [6.07, 6.45) is 0.713. The highest BCUT2D eigenvalue weighted by atomic mass is 16.6. The molecule has 1 aromatic heterocycles. The second-order valence-corrected chi connectivity index (χ2v) is 7.33. The number of non-ortho nitro benzene ring substituents is 1. The van der Waals surface area contributed by atoms with Crippen molar-refractivity contribution < 1.29 is 14.1 Å². The van der Waals surface area contributed by atoms with E-state index in [-0.39, 0.29) is 17.8 Å². The fraction of sp³-hybridized carbons (Fsp3) is 0.381. The Morgan fingerprint density at radius 3 is 2.69 bits per heavy atom. The Morgan fingerprint density at radius 2 is 1.93 bits per heavy atom. The summed E-state index contributed by atoms with van der Waals surface area (Å²) in [5, 5.41) is 11.1. The van der Waals surface area contributed by atoms with E-state index >= 15 is 0 Å². The summed E-state index contributed by atoms with van der Waals surface area (Å²) >= 11 is 0. The average Bonchev–Trinajstić information content (AvgIpc) is 3.04. The van der Waals surface area contributed by atoms with Crippen LogP contribution in [0.5, 0.6) is 0 Å². The van der Waals surface area contributed by atoms with Gasteiger partial charge in [0.1, 0.15) is 0 Å². The molecule has 1 aliphatic rings. The number of aromatic nitrogens is 1. The number of morpholine rings is 1. The minimum atomic E-state index is -0.491. The van der Waals surface area contributed by atoms with E-state index in [2.05, 4.69) is 24.0 Å². The molecule has 2 aromatic carbocycles. The third-order valence-electron chi connectivity index (χ3n) is 5.45. The van der Waals surface area contributed by atoms with Crippen LogP contribution in [-0.4, -0.2) is 40.2 Å². The zero-order chi connectivity index (χ0) is 20.4. The molecular formula is C21H23N3O5. The maximum atomic E-state index is 12.2. The van der Waals surface area contributed by atoms with Gasteiger partial charge in [0.15, 0.2) is 5.58 Å². The molecule has 29 heavy (non-hydrogen) atoms. The van der Waals surface area contributed by atoms with Gasteiger partial charge >= 0.3 is 5.76 Å². The summed E-state index contributed by atoms with van der Waals surface area (Å²) in [7, 11) is 0. The normalized spacial score (nSPS) is 20.2. The fourth-order valence-corrected chi connectivity index (χ4v) is 3.98. The van der Waals surface area contributed by atoms with Crippen molar-refractivity contribution in [3.05, 3.63) is 74.8 Å². The zero-order valence-corrected chi connectivity index (χ0v) is 16.2. The predicted molar refractivity (Wildman–Crippen MR) is 108 cm³/mol. The van der Waals surface area contributed by atoms with Gasteiger partial charge in [-0.15, -0.1) is 0 Å². The molecule has 2 heterocycles. The number of nitrogens with zero attached hydrogens (tertiary/aromatic N) is 3. The molecule has 0 unspecified atom stereocenters. The summed E-state index contributed by atoms with van der Waals surface area (Å²) in [5.41, 5.74) is 1.97. The molecule has 2 atom stereocenters. The van der Waals surface area contributed by atoms with Crippen molar-refractivity contribution in [2.75, 3.05) is 19.8 Å². The van der Waals surface area contributed by atoms with Gasteiger partial charge in [-0.1, -0.05) is 30.3 Å². The number of fused-ring (bicyclic) bond motifs is 1. The van der Waals surface area contributed by atoms with Gasteiger partial charge in [0.05, 0.1) is 29.7 Å². The van der Waals surface area contributed by atoms with Crippen LogP contribution in [0.25, 0.3) is 11.1 Å². The summed E-state index contributed by atoms with van der Waals surface area (Å²) in [5.74, 6) is -0.491. The lowest BCUT2D eigenvalue weighted by molar-refractivity contribution is -0.384. The first-order valence-corrected chi connectivity index (χ1v) is 9.71. The van der Waals surface area contributed by atoms with Gasteiger partial charge in [-0.05, 0) is 25.0 Å². The monoisotopic (exact) mass is 397 g/mol. The van der Waals surface area contributed by atoms with E-state index in [0.29, 0.717) is 37.3 Å². The van der Waals surface area contributed by atoms with E-state index in [9.17, 15) is 14.9 Å². The first-order chi connectivity index (χ1) is 14.0. The summed E-state index contributed by atoms with van der Waals surface area (Å²) in [4.78, 5) is 25.2. The molecule has 8 heteroatoms. The predicted octanol–water partition coefficient (Wildman–Crippen LogP) is 3.35. The summed E-state index contributed by atoms with van der Waals surface area (Å²) in [6.45, 7) is 4.65. The molecule has 0 saturated carbocycles. The number of nitro groups is 1. The minimum Gasteiger partial charge on any atom is -0.408 e. The van der Waals surface area contributed by atoms with Crippen molar-refractivity contribution in [1.82, 2.24) is 9.47 Å². The van der Waals surface area contributed by atoms with E-state index in [1.54, 1.807) is 0 Å². The highest BCUT2D eigenvalue weighted by Crippen LogP contribution is 2.27. The van der Waals surface area contributed by atoms with Gasteiger partial charge in [-0.3, -0.25) is 19.6 Å². The SMILES string of the molecule is C[C@H]1COC[C@@H](c2ccccc2)N1CCCn1c(=O)oc2ccc([N+](=O)[O-])cc21. The molecule has 0 spiro atoms. The highest BCUT2D eigenvalue weighted by Gasteiger charge is 2.29. The van der Waals surface area contributed by atoms with Crippen molar-refractivity contribution in [2.24, 2.45) is 0 Å². The van der Waals surface area contributed by atoms with Crippen LogP contribution in [-0.2, 0) is 11.3 Å². The standard InChI is InChI=1S/C21H23N3O5/c1-15-13-28-14-19(16-6-3-2-4-7-16)22(15)10-5-11-23-18-12-17(24(26)27)8-9-20(18)29-21(23)25/h2-4,6-9,12,15,19H,5,10-11,13-14H2,1H3/t15-,19-/m0/s1. The van der Waals surface area contributed by atoms with Crippen molar-refractivity contribution >= 4 is 16.8 Å². The third-order valence-corrected chi connectivity index (χ3v) is 5.45. The topological polar surface area (TPSA) is 90.8 Å². The molecule has 8 nitrogen and oxygen atoms in total. The number of aryl methyl sites for hydroxylation is 1. The minimum absolute atomic E-state index is 0.0574. The lowest BCUT2D eigenvalue weighted by Crippen LogP contribution is -2.46. The molecule has 0 bridgehead atoms. The lowest BCUT2D eigenvalue weighted by atomic mass is 10.0. The largest absolute Gasteiger partial charge is 0.419 e. The average molecular weight is 397 g/mol. The van der Waals surface area contributed by atoms with Crippen LogP contribution in [0.1, 0.15) is 24.9 Å². The van der Waals surface area contributed by atoms with Gasteiger partial charge in [0.2, 0.25) is 0 Å². The molecule has 1 saturated heterocycles. The van der Waals surface area contributed by atoms with Crippen LogP contribution >= 0.6 is 0 Å². The lowest BCUT2D eigenvalue weighted by Gasteiger charge is -2.40. The Labute approximate surface area is 167 Å². The van der Waals surface area contributed by atoms with E-state index in [4.69, 9.17) is 9.15 Å². The first kappa shape index (κ1) is 19.4. The smallest absolute Gasteiger partial charge is 0.408 e. The molecule has 3 aromatic rings. The zero-order valence-electron chi connectivity index (χ0n) is 16.2. The van der Waals surface area contributed by atoms with Gasteiger partial charge in [-0.2, -0.15) is 0 Å². The Bertz CT molecular complexity index is 1060. The highest BCUT2D eigenvalue weighted by molar-refractivity contribution is 5.75. The van der Waals surface area contributed by atoms with Gasteiger partial charge in [0, 0.05) is 31.3 Å². The van der Waals surface area contributed by atoms with Crippen LogP contribution in [0.4, 0.5) is 5.69 Å². The number of hydrogen-bond acceptors (Lipinski definition) is 6. The second kappa shape index (κ2) is 8.18. The Hall–Kier alpha value is -2.97. The maximum Gasteiger partial charge on any atom is 0.419 e. The fourth-order valence-electron chi connectivity index (χ4n) is 3.98. The van der Waals surface area contributed by atoms with E-state index in [0.717, 1.165) is 6.54 Å². The number of oxazole rings is 1. The van der Waals surface area contributed by atoms with Crippen LogP contribution in [0.3, 0.4) is 0 Å². The van der Waals surface area contributed by atoms with Crippen molar-refractivity contribution in [3.8, 4) is 0 Å². The molecule has 0 radical (unpaired) electrons. The quantitative estimate of drug-likeness (QED) is 0.468. The molecule has 0 aliphatic carbocycles. The van der Waals surface area contributed by atoms with Gasteiger partial charge in [-0.25, -0.2) is 4.79 Å². The van der Waals surface area contributed by atoms with Crippen molar-refractivity contribution in [2.45, 2.75) is 32.0 Å². The van der Waals surface area contributed by atoms with E-state index in [1.807, 2.05) is 18.2 Å². The van der Waals surface area contributed by atoms with Crippen LogP contribution in [0, 0.1) is 10.1 Å². The maximum absolute atomic E-state index is 12.2. The van der Waals surface area contributed by atoms with Gasteiger partial charge < -0.3 is 9.15 Å². The number of rotatable bonds is 6. The number of nitro benzene ring substituents is 1. The van der Waals surface area contributed by atoms with E-state index in [1.165, 1.54) is 28.3 Å². The third kappa shape index (κ3) is 3.94. The summed E-state index contributed by atoms with van der Waals surface area (Å²) in [6, 6.07) is 14.9. The number of hydrogen-bond donors (Lipinski definition) is 0. The Balaban J connectivity index is 1.51. The second-order valence-electron chi connectivity index (χ2n) is 7.33. The molecular weight excluding hydrogens is 374 g/mol. The van der Waals surface area contributed by atoms with Gasteiger partial charge in [0.25, 0.3) is 5.69 Å². The Morgan fingerprint density at radius 1 is 1.14 bits per heavy atom. The van der Waals surface area contributed by atoms with Crippen LogP contribution in [0.2, 0.25) is 0 Å². The van der Waals surface area contributed by atoms with Crippen LogP contribution < -0.4 is 5.76 Å². The molecule has 0 amide bonds. The number of benzene rings is 2. The van der Waals surface area contributed by atoms with E-state index < -0.39 is 10.7 Å².